The highest BCUT2D eigenvalue weighted by Gasteiger charge is 2.22. The number of anilines is 2. The normalized spacial score (nSPS) is 11.0. The van der Waals surface area contributed by atoms with Crippen LogP contribution < -0.4 is 5.32 Å². The van der Waals surface area contributed by atoms with Crippen LogP contribution in [0.4, 0.5) is 20.2 Å². The van der Waals surface area contributed by atoms with E-state index in [4.69, 9.17) is 11.6 Å². The number of imidazole rings is 1. The number of nitrogens with one attached hydrogen (secondary N) is 1. The average molecular weight is 670 g/mol. The first-order valence-corrected chi connectivity index (χ1v) is 17.4. The predicted molar refractivity (Wildman–Crippen MR) is 160 cm³/mol. The number of alkyl halides is 2. The summed E-state index contributed by atoms with van der Waals surface area (Å²) in [6, 6.07) is 7.63. The number of nitrogens with zero attached hydrogens (tertiary/aromatic N) is 4. The van der Waals surface area contributed by atoms with Crippen molar-refractivity contribution in [1.82, 2.24) is 19.3 Å². The second-order valence-corrected chi connectivity index (χ2v) is 11.1. The van der Waals surface area contributed by atoms with Gasteiger partial charge in [0.15, 0.2) is 11.5 Å². The molecule has 0 aliphatic heterocycles. The van der Waals surface area contributed by atoms with Gasteiger partial charge in [-0.3, -0.25) is 4.34 Å². The molecule has 1 unspecified atom stereocenters. The zero-order chi connectivity index (χ0) is 26.3. The van der Waals surface area contributed by atoms with Crippen LogP contribution in [0.3, 0.4) is 0 Å². The molecule has 0 fully saturated rings. The number of hydrogen-bond donors (Lipinski definition) is 1. The molecule has 12 heteroatoms. The number of hydrogen-bond acceptors (Lipinski definition) is 6. The Balaban J connectivity index is 0.00000103. The van der Waals surface area contributed by atoms with E-state index in [1.165, 1.54) is 9.21 Å². The zero-order valence-electron chi connectivity index (χ0n) is 20.5. The lowest BCUT2D eigenvalue weighted by molar-refractivity contribution is 0.140. The van der Waals surface area contributed by atoms with Crippen LogP contribution in [0.25, 0.3) is 21.7 Å². The Hall–Kier alpha value is -1.07. The first kappa shape index (κ1) is 30.2. The number of halogens is 4. The standard InChI is InChI=1S/C19H16ClF2IN5PS2.2C2H6/c1-8-9(2)31-19(24-8)10-4-5-11(13(6-10)30-3)25-12-7-14(20)26-17-15(12)27-18(16(21)22)28(17)29-23;2*1-2/h4-7,16,29H,1-3H3,(H,25,26);2*1-2H3. The Morgan fingerprint density at radius 2 is 1.77 bits per heavy atom. The Morgan fingerprint density at radius 3 is 2.31 bits per heavy atom. The van der Waals surface area contributed by atoms with Gasteiger partial charge in [0.1, 0.15) is 15.7 Å². The van der Waals surface area contributed by atoms with E-state index in [9.17, 15) is 8.78 Å². The minimum Gasteiger partial charge on any atom is -0.353 e. The first-order chi connectivity index (χ1) is 16.8. The van der Waals surface area contributed by atoms with Crippen LogP contribution in [0.1, 0.15) is 50.5 Å². The maximum absolute atomic E-state index is 13.5. The van der Waals surface area contributed by atoms with Gasteiger partial charge in [-0.2, -0.15) is 0 Å². The number of benzene rings is 1. The molecule has 3 aromatic heterocycles. The Labute approximate surface area is 233 Å². The minimum absolute atomic E-state index is 0.0266. The molecule has 4 aromatic rings. The second kappa shape index (κ2) is 14.0. The first-order valence-electron chi connectivity index (χ1n) is 11.0. The molecule has 5 nitrogen and oxygen atoms in total. The fourth-order valence-electron chi connectivity index (χ4n) is 3.03. The van der Waals surface area contributed by atoms with Gasteiger partial charge in [-0.05, 0) is 60.3 Å². The molecule has 190 valence electrons. The Kier molecular flexibility index (Phi) is 12.1. The SMILES string of the molecule is CC.CC.CSc1cc(-c2nc(C)c(C)s2)ccc1Nc1cc(Cl)nc2c1nc(C(F)F)n2PI. The van der Waals surface area contributed by atoms with Crippen LogP contribution >= 0.6 is 63.1 Å². The number of fused-ring (bicyclic) bond motifs is 1. The van der Waals surface area contributed by atoms with Crippen molar-refractivity contribution in [3.05, 3.63) is 45.8 Å². The molecule has 0 bridgehead atoms. The molecule has 1 aromatic carbocycles. The molecule has 0 saturated carbocycles. The number of aryl methyl sites for hydroxylation is 2. The van der Waals surface area contributed by atoms with E-state index in [0.717, 1.165) is 26.8 Å². The summed E-state index contributed by atoms with van der Waals surface area (Å²) in [5.41, 5.74) is 4.14. The molecule has 1 atom stereocenters. The summed E-state index contributed by atoms with van der Waals surface area (Å²) in [6.45, 7) is 12.1. The summed E-state index contributed by atoms with van der Waals surface area (Å²) in [5, 5.41) is 4.50. The molecular weight excluding hydrogens is 642 g/mol. The van der Waals surface area contributed by atoms with Gasteiger partial charge in [-0.15, -0.1) is 23.1 Å². The lowest BCUT2D eigenvalue weighted by Crippen LogP contribution is -1.96. The molecule has 0 aliphatic carbocycles. The van der Waals surface area contributed by atoms with Crippen molar-refractivity contribution in [2.24, 2.45) is 0 Å². The van der Waals surface area contributed by atoms with Crippen LogP contribution in [0.2, 0.25) is 5.15 Å². The molecule has 0 amide bonds. The fourth-order valence-corrected chi connectivity index (χ4v) is 6.61. The topological polar surface area (TPSA) is 55.6 Å². The maximum Gasteiger partial charge on any atom is 0.295 e. The van der Waals surface area contributed by atoms with E-state index in [0.29, 0.717) is 16.9 Å². The Morgan fingerprint density at radius 1 is 1.09 bits per heavy atom. The van der Waals surface area contributed by atoms with Gasteiger partial charge < -0.3 is 5.32 Å². The van der Waals surface area contributed by atoms with Gasteiger partial charge in [0.05, 0.1) is 23.4 Å². The van der Waals surface area contributed by atoms with Crippen molar-refractivity contribution < 1.29 is 8.78 Å². The van der Waals surface area contributed by atoms with Gasteiger partial charge >= 0.3 is 0 Å². The van der Waals surface area contributed by atoms with E-state index in [1.807, 2.05) is 75.0 Å². The summed E-state index contributed by atoms with van der Waals surface area (Å²) in [6.07, 6.45) is -0.688. The predicted octanol–water partition coefficient (Wildman–Crippen LogP) is 10.1. The third kappa shape index (κ3) is 6.83. The van der Waals surface area contributed by atoms with Gasteiger partial charge in [0, 0.05) is 21.4 Å². The summed E-state index contributed by atoms with van der Waals surface area (Å²) in [7, 11) is 0. The number of rotatable bonds is 6. The lowest BCUT2D eigenvalue weighted by Gasteiger charge is -2.13. The van der Waals surface area contributed by atoms with Crippen molar-refractivity contribution in [3.63, 3.8) is 0 Å². The fraction of sp³-hybridized carbons (Fsp3) is 0.348. The van der Waals surface area contributed by atoms with E-state index in [1.54, 1.807) is 29.2 Å². The monoisotopic (exact) mass is 669 g/mol. The van der Waals surface area contributed by atoms with Crippen LogP contribution in [-0.2, 0) is 0 Å². The largest absolute Gasteiger partial charge is 0.353 e. The van der Waals surface area contributed by atoms with Crippen molar-refractivity contribution >= 4 is 85.7 Å². The van der Waals surface area contributed by atoms with Crippen LogP contribution in [0, 0.1) is 13.8 Å². The highest BCUT2D eigenvalue weighted by atomic mass is 127. The van der Waals surface area contributed by atoms with Gasteiger partial charge in [-0.1, -0.05) is 39.3 Å². The summed E-state index contributed by atoms with van der Waals surface area (Å²) in [5.74, 6) is -0.310. The molecule has 0 saturated heterocycles. The molecular formula is C23H28ClF2IN5PS2. The summed E-state index contributed by atoms with van der Waals surface area (Å²) >= 11 is 11.5. The molecule has 0 radical (unpaired) electrons. The zero-order valence-corrected chi connectivity index (χ0v) is 26.1. The lowest BCUT2D eigenvalue weighted by atomic mass is 10.2. The Bertz CT molecular complexity index is 1260. The molecule has 35 heavy (non-hydrogen) atoms. The smallest absolute Gasteiger partial charge is 0.295 e. The highest BCUT2D eigenvalue weighted by molar-refractivity contribution is 14.2. The van der Waals surface area contributed by atoms with Gasteiger partial charge in [0.25, 0.3) is 6.43 Å². The van der Waals surface area contributed by atoms with Gasteiger partial charge in [-0.25, -0.2) is 23.7 Å². The summed E-state index contributed by atoms with van der Waals surface area (Å²) in [4.78, 5) is 15.2. The van der Waals surface area contributed by atoms with Crippen LogP contribution in [0.15, 0.2) is 29.2 Å². The van der Waals surface area contributed by atoms with Crippen LogP contribution in [0.5, 0.6) is 0 Å². The van der Waals surface area contributed by atoms with Crippen molar-refractivity contribution in [1.29, 1.82) is 0 Å². The number of thiazole rings is 1. The average Bonchev–Trinajstić information content (AvgIpc) is 3.41. The second-order valence-electron chi connectivity index (χ2n) is 6.56. The molecule has 0 aliphatic rings. The van der Waals surface area contributed by atoms with Crippen LogP contribution in [-0.4, -0.2) is 25.5 Å². The summed E-state index contributed by atoms with van der Waals surface area (Å²) < 4.78 is 28.4. The van der Waals surface area contributed by atoms with Crippen molar-refractivity contribution in [2.45, 2.75) is 52.9 Å². The van der Waals surface area contributed by atoms with E-state index in [-0.39, 0.29) is 17.4 Å². The molecule has 4 rings (SSSR count). The number of thioether (sulfide) groups is 1. The molecule has 1 N–H and O–H groups in total. The van der Waals surface area contributed by atoms with E-state index in [2.05, 4.69) is 33.3 Å². The van der Waals surface area contributed by atoms with Gasteiger partial charge in [0.2, 0.25) is 0 Å². The maximum atomic E-state index is 13.5. The van der Waals surface area contributed by atoms with Crippen molar-refractivity contribution in [3.8, 4) is 10.6 Å². The van der Waals surface area contributed by atoms with E-state index < -0.39 is 6.43 Å². The highest BCUT2D eigenvalue weighted by Crippen LogP contribution is 2.40. The number of aromatic nitrogens is 4. The van der Waals surface area contributed by atoms with Crippen molar-refractivity contribution in [2.75, 3.05) is 11.6 Å². The molecule has 3 heterocycles. The quantitative estimate of drug-likeness (QED) is 0.0959. The minimum atomic E-state index is -2.70. The third-order valence-corrected chi connectivity index (χ3v) is 8.79. The number of pyridine rings is 1. The van der Waals surface area contributed by atoms with E-state index >= 15 is 0 Å². The third-order valence-electron chi connectivity index (χ3n) is 4.64. The molecule has 0 spiro atoms.